The standard InChI is InChI=1S/C25H20N4O3/c30-23(17-28-21-13-7-8-14-22(21)32-25(28)31)26-15-19-16-29(20-11-5-2-6-12-20)27-24(19)18-9-3-1-4-10-18/h1-14,16H,15,17H2,(H,26,30). The van der Waals surface area contributed by atoms with Gasteiger partial charge in [-0.3, -0.25) is 9.36 Å². The van der Waals surface area contributed by atoms with E-state index in [9.17, 15) is 9.59 Å². The second-order valence-electron chi connectivity index (χ2n) is 7.35. The number of rotatable bonds is 6. The van der Waals surface area contributed by atoms with Crippen molar-refractivity contribution >= 4 is 17.0 Å². The minimum absolute atomic E-state index is 0.122. The molecular weight excluding hydrogens is 404 g/mol. The molecule has 0 radical (unpaired) electrons. The van der Waals surface area contributed by atoms with Crippen LogP contribution in [0.3, 0.4) is 0 Å². The van der Waals surface area contributed by atoms with E-state index in [4.69, 9.17) is 9.52 Å². The molecule has 1 amide bonds. The summed E-state index contributed by atoms with van der Waals surface area (Å²) in [4.78, 5) is 24.8. The third-order valence-corrected chi connectivity index (χ3v) is 5.21. The molecule has 7 nitrogen and oxygen atoms in total. The van der Waals surface area contributed by atoms with Crippen molar-refractivity contribution in [3.63, 3.8) is 0 Å². The van der Waals surface area contributed by atoms with E-state index in [1.165, 1.54) is 4.57 Å². The Morgan fingerprint density at radius 1 is 0.906 bits per heavy atom. The van der Waals surface area contributed by atoms with Gasteiger partial charge in [0.1, 0.15) is 6.54 Å². The number of benzene rings is 3. The van der Waals surface area contributed by atoms with E-state index in [0.29, 0.717) is 11.1 Å². The van der Waals surface area contributed by atoms with Crippen LogP contribution in [-0.2, 0) is 17.9 Å². The zero-order valence-corrected chi connectivity index (χ0v) is 17.1. The quantitative estimate of drug-likeness (QED) is 0.450. The third-order valence-electron chi connectivity index (χ3n) is 5.21. The summed E-state index contributed by atoms with van der Waals surface area (Å²) in [6.07, 6.45) is 1.91. The Bertz CT molecular complexity index is 1430. The number of amides is 1. The summed E-state index contributed by atoms with van der Waals surface area (Å²) in [5.41, 5.74) is 4.61. The minimum Gasteiger partial charge on any atom is -0.408 e. The Morgan fingerprint density at radius 2 is 1.59 bits per heavy atom. The van der Waals surface area contributed by atoms with Gasteiger partial charge in [-0.15, -0.1) is 0 Å². The first-order valence-corrected chi connectivity index (χ1v) is 10.2. The number of nitrogens with one attached hydrogen (secondary N) is 1. The molecule has 32 heavy (non-hydrogen) atoms. The summed E-state index contributed by atoms with van der Waals surface area (Å²) in [5.74, 6) is -0.839. The molecule has 0 atom stereocenters. The van der Waals surface area contributed by atoms with Gasteiger partial charge in [-0.25, -0.2) is 9.48 Å². The lowest BCUT2D eigenvalue weighted by Gasteiger charge is -2.06. The molecule has 0 fully saturated rings. The molecular formula is C25H20N4O3. The van der Waals surface area contributed by atoms with Crippen molar-refractivity contribution in [1.29, 1.82) is 0 Å². The van der Waals surface area contributed by atoms with Gasteiger partial charge in [0.25, 0.3) is 0 Å². The maximum absolute atomic E-state index is 12.7. The van der Waals surface area contributed by atoms with Gasteiger partial charge in [-0.2, -0.15) is 5.10 Å². The van der Waals surface area contributed by atoms with Crippen molar-refractivity contribution < 1.29 is 9.21 Å². The molecule has 0 saturated carbocycles. The number of carbonyl (C=O) groups excluding carboxylic acids is 1. The van der Waals surface area contributed by atoms with Crippen LogP contribution in [0.2, 0.25) is 0 Å². The Kier molecular flexibility index (Phi) is 5.13. The number of aromatic nitrogens is 3. The van der Waals surface area contributed by atoms with E-state index in [2.05, 4.69) is 5.32 Å². The Hall–Kier alpha value is -4.39. The van der Waals surface area contributed by atoms with Gasteiger partial charge in [0.05, 0.1) is 16.9 Å². The second-order valence-corrected chi connectivity index (χ2v) is 7.35. The van der Waals surface area contributed by atoms with Crippen molar-refractivity contribution in [2.24, 2.45) is 0 Å². The third kappa shape index (κ3) is 3.83. The number of oxazole rings is 1. The zero-order chi connectivity index (χ0) is 21.9. The van der Waals surface area contributed by atoms with Crippen LogP contribution in [0.4, 0.5) is 0 Å². The number of nitrogens with zero attached hydrogens (tertiary/aromatic N) is 3. The monoisotopic (exact) mass is 424 g/mol. The highest BCUT2D eigenvalue weighted by Crippen LogP contribution is 2.23. The van der Waals surface area contributed by atoms with Crippen LogP contribution in [0, 0.1) is 0 Å². The van der Waals surface area contributed by atoms with Crippen LogP contribution in [0.5, 0.6) is 0 Å². The van der Waals surface area contributed by atoms with Gasteiger partial charge in [0, 0.05) is 23.9 Å². The molecule has 5 rings (SSSR count). The maximum atomic E-state index is 12.7. The predicted molar refractivity (Wildman–Crippen MR) is 121 cm³/mol. The molecule has 0 spiro atoms. The number of carbonyl (C=O) groups is 1. The molecule has 158 valence electrons. The Labute approximate surface area is 183 Å². The molecule has 0 bridgehead atoms. The SMILES string of the molecule is O=C(Cn1c(=O)oc2ccccc21)NCc1cn(-c2ccccc2)nc1-c1ccccc1. The van der Waals surface area contributed by atoms with Crippen LogP contribution in [0.15, 0.2) is 100 Å². The molecule has 0 aliphatic carbocycles. The number of hydrogen-bond acceptors (Lipinski definition) is 4. The highest BCUT2D eigenvalue weighted by atomic mass is 16.4. The zero-order valence-electron chi connectivity index (χ0n) is 17.1. The molecule has 2 aromatic heterocycles. The smallest absolute Gasteiger partial charge is 0.408 e. The topological polar surface area (TPSA) is 82.1 Å². The average Bonchev–Trinajstić information content (AvgIpc) is 3.40. The van der Waals surface area contributed by atoms with Gasteiger partial charge in [-0.1, -0.05) is 60.7 Å². The Balaban J connectivity index is 1.39. The highest BCUT2D eigenvalue weighted by Gasteiger charge is 2.15. The summed E-state index contributed by atoms with van der Waals surface area (Å²) >= 11 is 0. The van der Waals surface area contributed by atoms with E-state index in [1.54, 1.807) is 28.9 Å². The maximum Gasteiger partial charge on any atom is 0.420 e. The minimum atomic E-state index is -0.553. The largest absolute Gasteiger partial charge is 0.420 e. The molecule has 0 unspecified atom stereocenters. The van der Waals surface area contributed by atoms with Crippen LogP contribution >= 0.6 is 0 Å². The second kappa shape index (κ2) is 8.39. The lowest BCUT2D eigenvalue weighted by Crippen LogP contribution is -2.30. The fourth-order valence-electron chi connectivity index (χ4n) is 3.65. The molecule has 5 aromatic rings. The van der Waals surface area contributed by atoms with Crippen molar-refractivity contribution in [3.05, 3.63) is 107 Å². The number of hydrogen-bond donors (Lipinski definition) is 1. The van der Waals surface area contributed by atoms with E-state index in [1.807, 2.05) is 66.9 Å². The lowest BCUT2D eigenvalue weighted by molar-refractivity contribution is -0.121. The van der Waals surface area contributed by atoms with Crippen LogP contribution in [0.25, 0.3) is 28.0 Å². The molecule has 1 N–H and O–H groups in total. The molecule has 7 heteroatoms. The van der Waals surface area contributed by atoms with Crippen molar-refractivity contribution in [2.75, 3.05) is 0 Å². The summed E-state index contributed by atoms with van der Waals surface area (Å²) < 4.78 is 8.34. The highest BCUT2D eigenvalue weighted by molar-refractivity contribution is 5.79. The molecule has 2 heterocycles. The van der Waals surface area contributed by atoms with Gasteiger partial charge >= 0.3 is 5.76 Å². The fourth-order valence-corrected chi connectivity index (χ4v) is 3.65. The van der Waals surface area contributed by atoms with Crippen molar-refractivity contribution in [3.8, 4) is 16.9 Å². The molecule has 0 saturated heterocycles. The van der Waals surface area contributed by atoms with E-state index >= 15 is 0 Å². The van der Waals surface area contributed by atoms with Crippen molar-refractivity contribution in [1.82, 2.24) is 19.7 Å². The summed E-state index contributed by atoms with van der Waals surface area (Å²) in [7, 11) is 0. The van der Waals surface area contributed by atoms with Crippen LogP contribution in [0.1, 0.15) is 5.56 Å². The summed E-state index contributed by atoms with van der Waals surface area (Å²) in [6.45, 7) is 0.157. The fraction of sp³-hybridized carbons (Fsp3) is 0.0800. The summed E-state index contributed by atoms with van der Waals surface area (Å²) in [6, 6.07) is 26.7. The van der Waals surface area contributed by atoms with Gasteiger partial charge in [-0.05, 0) is 24.3 Å². The van der Waals surface area contributed by atoms with Gasteiger partial charge in [0.2, 0.25) is 5.91 Å². The number of fused-ring (bicyclic) bond motifs is 1. The van der Waals surface area contributed by atoms with E-state index in [-0.39, 0.29) is 19.0 Å². The van der Waals surface area contributed by atoms with Gasteiger partial charge in [0.15, 0.2) is 5.58 Å². The molecule has 3 aromatic carbocycles. The first-order chi connectivity index (χ1) is 15.7. The van der Waals surface area contributed by atoms with Crippen molar-refractivity contribution in [2.45, 2.75) is 13.1 Å². The van der Waals surface area contributed by atoms with E-state index < -0.39 is 5.76 Å². The molecule has 0 aliphatic rings. The molecule has 0 aliphatic heterocycles. The van der Waals surface area contributed by atoms with Crippen LogP contribution < -0.4 is 11.1 Å². The van der Waals surface area contributed by atoms with Gasteiger partial charge < -0.3 is 9.73 Å². The first kappa shape index (κ1) is 19.6. The number of para-hydroxylation sites is 3. The lowest BCUT2D eigenvalue weighted by atomic mass is 10.1. The summed E-state index contributed by atoms with van der Waals surface area (Å²) in [5, 5.41) is 7.67. The average molecular weight is 424 g/mol. The Morgan fingerprint density at radius 3 is 2.38 bits per heavy atom. The first-order valence-electron chi connectivity index (χ1n) is 10.2. The van der Waals surface area contributed by atoms with Crippen LogP contribution in [-0.4, -0.2) is 20.3 Å². The van der Waals surface area contributed by atoms with E-state index in [0.717, 1.165) is 22.5 Å². The predicted octanol–water partition coefficient (Wildman–Crippen LogP) is 3.76. The normalized spacial score (nSPS) is 11.0.